The first-order chi connectivity index (χ1) is 5.83. The van der Waals surface area contributed by atoms with Crippen LogP contribution in [0.4, 0.5) is 0 Å². The van der Waals surface area contributed by atoms with E-state index in [1.54, 1.807) is 0 Å². The van der Waals surface area contributed by atoms with Crippen molar-refractivity contribution in [2.45, 2.75) is 70.9 Å². The minimum atomic E-state index is -0.1000. The van der Waals surface area contributed by atoms with Gasteiger partial charge in [0, 0.05) is 11.1 Å². The Balaban J connectivity index is 4.00. The molecule has 0 fully saturated rings. The Morgan fingerprint density at radius 3 is 1.92 bits per heavy atom. The zero-order valence-corrected chi connectivity index (χ0v) is 9.69. The van der Waals surface area contributed by atoms with Gasteiger partial charge in [-0.05, 0) is 33.1 Å². The SMILES string of the molecule is CCCCC(C)(N)C[C@](C)(N)CC. The van der Waals surface area contributed by atoms with Gasteiger partial charge in [-0.2, -0.15) is 0 Å². The second kappa shape index (κ2) is 4.97. The highest BCUT2D eigenvalue weighted by molar-refractivity contribution is 4.90. The molecular formula is C11H26N2. The fourth-order valence-corrected chi connectivity index (χ4v) is 1.72. The van der Waals surface area contributed by atoms with Gasteiger partial charge in [0.15, 0.2) is 0 Å². The molecule has 0 rings (SSSR count). The number of hydrogen-bond acceptors (Lipinski definition) is 2. The maximum absolute atomic E-state index is 6.18. The predicted molar refractivity (Wildman–Crippen MR) is 59.6 cm³/mol. The Morgan fingerprint density at radius 1 is 1.00 bits per heavy atom. The zero-order chi connectivity index (χ0) is 10.5. The van der Waals surface area contributed by atoms with Crippen molar-refractivity contribution < 1.29 is 0 Å². The number of hydrogen-bond donors (Lipinski definition) is 2. The Morgan fingerprint density at radius 2 is 1.54 bits per heavy atom. The van der Waals surface area contributed by atoms with Crippen molar-refractivity contribution >= 4 is 0 Å². The lowest BCUT2D eigenvalue weighted by molar-refractivity contribution is 0.284. The second-order valence-electron chi connectivity index (χ2n) is 4.94. The first-order valence-corrected chi connectivity index (χ1v) is 5.41. The van der Waals surface area contributed by atoms with Crippen LogP contribution in [0.15, 0.2) is 0 Å². The molecule has 0 bridgehead atoms. The third kappa shape index (κ3) is 6.05. The summed E-state index contributed by atoms with van der Waals surface area (Å²) in [5.74, 6) is 0. The molecule has 0 aromatic carbocycles. The molecule has 13 heavy (non-hydrogen) atoms. The Hall–Kier alpha value is -0.0800. The van der Waals surface area contributed by atoms with Crippen molar-refractivity contribution in [3.63, 3.8) is 0 Å². The summed E-state index contributed by atoms with van der Waals surface area (Å²) in [5.41, 5.74) is 12.1. The molecule has 0 radical (unpaired) electrons. The molecule has 0 aliphatic carbocycles. The topological polar surface area (TPSA) is 52.0 Å². The summed E-state index contributed by atoms with van der Waals surface area (Å²) in [5, 5.41) is 0. The van der Waals surface area contributed by atoms with E-state index in [0.29, 0.717) is 0 Å². The van der Waals surface area contributed by atoms with Crippen LogP contribution in [0.2, 0.25) is 0 Å². The van der Waals surface area contributed by atoms with Crippen LogP contribution in [0.5, 0.6) is 0 Å². The maximum atomic E-state index is 6.18. The van der Waals surface area contributed by atoms with Gasteiger partial charge in [-0.3, -0.25) is 0 Å². The van der Waals surface area contributed by atoms with Gasteiger partial charge < -0.3 is 11.5 Å². The molecule has 0 aliphatic rings. The third-order valence-corrected chi connectivity index (χ3v) is 2.72. The lowest BCUT2D eigenvalue weighted by Gasteiger charge is -2.34. The summed E-state index contributed by atoms with van der Waals surface area (Å²) in [6.07, 6.45) is 5.39. The highest BCUT2D eigenvalue weighted by Gasteiger charge is 2.27. The first-order valence-electron chi connectivity index (χ1n) is 5.41. The molecule has 0 aromatic heterocycles. The Labute approximate surface area is 83.1 Å². The summed E-state index contributed by atoms with van der Waals surface area (Å²) in [6.45, 7) is 8.51. The lowest BCUT2D eigenvalue weighted by Crippen LogP contribution is -2.48. The fraction of sp³-hybridized carbons (Fsp3) is 1.00. The molecule has 0 saturated heterocycles. The average Bonchev–Trinajstić information content (AvgIpc) is 1.99. The summed E-state index contributed by atoms with van der Waals surface area (Å²) >= 11 is 0. The van der Waals surface area contributed by atoms with E-state index < -0.39 is 0 Å². The molecule has 0 spiro atoms. The summed E-state index contributed by atoms with van der Waals surface area (Å²) in [4.78, 5) is 0. The van der Waals surface area contributed by atoms with Crippen LogP contribution >= 0.6 is 0 Å². The van der Waals surface area contributed by atoms with Gasteiger partial charge >= 0.3 is 0 Å². The molecule has 4 N–H and O–H groups in total. The summed E-state index contributed by atoms with van der Waals surface area (Å²) < 4.78 is 0. The second-order valence-corrected chi connectivity index (χ2v) is 4.94. The minimum Gasteiger partial charge on any atom is -0.325 e. The van der Waals surface area contributed by atoms with Crippen LogP contribution in [0.25, 0.3) is 0 Å². The van der Waals surface area contributed by atoms with E-state index in [0.717, 1.165) is 19.3 Å². The Kier molecular flexibility index (Phi) is 4.93. The van der Waals surface area contributed by atoms with Crippen molar-refractivity contribution in [3.8, 4) is 0 Å². The van der Waals surface area contributed by atoms with Crippen molar-refractivity contribution in [1.82, 2.24) is 0 Å². The van der Waals surface area contributed by atoms with Crippen LogP contribution in [0, 0.1) is 0 Å². The zero-order valence-electron chi connectivity index (χ0n) is 9.69. The van der Waals surface area contributed by atoms with Gasteiger partial charge in [-0.1, -0.05) is 26.7 Å². The van der Waals surface area contributed by atoms with E-state index in [2.05, 4.69) is 27.7 Å². The monoisotopic (exact) mass is 186 g/mol. The van der Waals surface area contributed by atoms with E-state index in [-0.39, 0.29) is 11.1 Å². The molecule has 0 aliphatic heterocycles. The highest BCUT2D eigenvalue weighted by atomic mass is 14.8. The summed E-state index contributed by atoms with van der Waals surface area (Å²) in [7, 11) is 0. The Bertz CT molecular complexity index is 139. The quantitative estimate of drug-likeness (QED) is 0.669. The molecule has 0 heterocycles. The van der Waals surface area contributed by atoms with Gasteiger partial charge in [-0.25, -0.2) is 0 Å². The van der Waals surface area contributed by atoms with Crippen LogP contribution in [-0.2, 0) is 0 Å². The average molecular weight is 186 g/mol. The molecule has 2 atom stereocenters. The highest BCUT2D eigenvalue weighted by Crippen LogP contribution is 2.23. The first kappa shape index (κ1) is 12.9. The van der Waals surface area contributed by atoms with Crippen LogP contribution in [0.3, 0.4) is 0 Å². The van der Waals surface area contributed by atoms with Crippen molar-refractivity contribution in [1.29, 1.82) is 0 Å². The van der Waals surface area contributed by atoms with E-state index >= 15 is 0 Å². The summed E-state index contributed by atoms with van der Waals surface area (Å²) in [6, 6.07) is 0. The standard InChI is InChI=1S/C11H26N2/c1-5-7-8-11(4,13)9-10(3,12)6-2/h5-9,12-13H2,1-4H3/t10-,11?/m1/s1. The van der Waals surface area contributed by atoms with Crippen LogP contribution < -0.4 is 11.5 Å². The molecule has 2 nitrogen and oxygen atoms in total. The van der Waals surface area contributed by atoms with Crippen LogP contribution in [0.1, 0.15) is 59.8 Å². The maximum Gasteiger partial charge on any atom is 0.0143 e. The number of unbranched alkanes of at least 4 members (excludes halogenated alkanes) is 1. The third-order valence-electron chi connectivity index (χ3n) is 2.72. The van der Waals surface area contributed by atoms with Crippen molar-refractivity contribution in [2.24, 2.45) is 11.5 Å². The van der Waals surface area contributed by atoms with Crippen LogP contribution in [-0.4, -0.2) is 11.1 Å². The molecule has 2 heteroatoms. The molecule has 0 saturated carbocycles. The van der Waals surface area contributed by atoms with E-state index in [4.69, 9.17) is 11.5 Å². The molecule has 0 aromatic rings. The lowest BCUT2D eigenvalue weighted by atomic mass is 9.81. The van der Waals surface area contributed by atoms with Gasteiger partial charge in [0.05, 0.1) is 0 Å². The normalized spacial score (nSPS) is 20.8. The van der Waals surface area contributed by atoms with E-state index in [1.807, 2.05) is 0 Å². The number of nitrogens with two attached hydrogens (primary N) is 2. The van der Waals surface area contributed by atoms with Gasteiger partial charge in [-0.15, -0.1) is 0 Å². The van der Waals surface area contributed by atoms with Gasteiger partial charge in [0.1, 0.15) is 0 Å². The molecule has 1 unspecified atom stereocenters. The van der Waals surface area contributed by atoms with Gasteiger partial charge in [0.2, 0.25) is 0 Å². The molecule has 0 amide bonds. The number of rotatable bonds is 6. The fourth-order valence-electron chi connectivity index (χ4n) is 1.72. The van der Waals surface area contributed by atoms with E-state index in [9.17, 15) is 0 Å². The minimum absolute atomic E-state index is 0.0878. The predicted octanol–water partition coefficient (Wildman–Crippen LogP) is 2.41. The van der Waals surface area contributed by atoms with Crippen molar-refractivity contribution in [3.05, 3.63) is 0 Å². The van der Waals surface area contributed by atoms with Crippen molar-refractivity contribution in [2.75, 3.05) is 0 Å². The van der Waals surface area contributed by atoms with E-state index in [1.165, 1.54) is 12.8 Å². The van der Waals surface area contributed by atoms with Gasteiger partial charge in [0.25, 0.3) is 0 Å². The molecule has 80 valence electrons. The largest absolute Gasteiger partial charge is 0.325 e. The molecular weight excluding hydrogens is 160 g/mol. The smallest absolute Gasteiger partial charge is 0.0143 e.